The van der Waals surface area contributed by atoms with Gasteiger partial charge in [-0.2, -0.15) is 0 Å². The highest BCUT2D eigenvalue weighted by Gasteiger charge is 2.12. The maximum Gasteiger partial charge on any atom is 0.232 e. The van der Waals surface area contributed by atoms with Crippen molar-refractivity contribution in [3.63, 3.8) is 0 Å². The van der Waals surface area contributed by atoms with Gasteiger partial charge in [-0.1, -0.05) is 11.6 Å². The summed E-state index contributed by atoms with van der Waals surface area (Å²) in [7, 11) is -1.83. The van der Waals surface area contributed by atoms with E-state index in [9.17, 15) is 8.42 Å². The van der Waals surface area contributed by atoms with Gasteiger partial charge >= 0.3 is 0 Å². The highest BCUT2D eigenvalue weighted by atomic mass is 79.9. The summed E-state index contributed by atoms with van der Waals surface area (Å²) in [6, 6.07) is 4.92. The van der Waals surface area contributed by atoms with Crippen molar-refractivity contribution in [2.75, 3.05) is 24.2 Å². The zero-order valence-electron chi connectivity index (χ0n) is 9.24. The van der Waals surface area contributed by atoms with Gasteiger partial charge in [0.2, 0.25) is 10.0 Å². The largest absolute Gasteiger partial charge is 0.385 e. The molecule has 0 aliphatic heterocycles. The molecule has 1 rings (SSSR count). The molecule has 0 atom stereocenters. The van der Waals surface area contributed by atoms with Crippen molar-refractivity contribution >= 4 is 43.2 Å². The Hall–Kier alpha value is -0.300. The third-order valence-corrected chi connectivity index (χ3v) is 4.24. The number of halogens is 2. The summed E-state index contributed by atoms with van der Waals surface area (Å²) in [6.45, 7) is 0.414. The minimum Gasteiger partial charge on any atom is -0.385 e. The molecule has 4 nitrogen and oxygen atoms in total. The fourth-order valence-corrected chi connectivity index (χ4v) is 2.94. The van der Waals surface area contributed by atoms with Crippen molar-refractivity contribution < 1.29 is 13.2 Å². The second-order valence-electron chi connectivity index (χ2n) is 3.39. The van der Waals surface area contributed by atoms with Gasteiger partial charge in [0.25, 0.3) is 0 Å². The molecule has 0 radical (unpaired) electrons. The van der Waals surface area contributed by atoms with E-state index < -0.39 is 10.0 Å². The van der Waals surface area contributed by atoms with Crippen molar-refractivity contribution in [1.82, 2.24) is 0 Å². The molecule has 1 aromatic carbocycles. The summed E-state index contributed by atoms with van der Waals surface area (Å²) in [6.07, 6.45) is 0.448. The van der Waals surface area contributed by atoms with Crippen molar-refractivity contribution in [3.05, 3.63) is 27.7 Å². The quantitative estimate of drug-likeness (QED) is 0.809. The van der Waals surface area contributed by atoms with E-state index in [0.29, 0.717) is 28.2 Å². The molecule has 1 aromatic rings. The van der Waals surface area contributed by atoms with E-state index in [1.807, 2.05) is 0 Å². The monoisotopic (exact) mass is 341 g/mol. The first-order valence-corrected chi connectivity index (χ1v) is 7.71. The lowest BCUT2D eigenvalue weighted by Crippen LogP contribution is -2.18. The van der Waals surface area contributed by atoms with Gasteiger partial charge in [0, 0.05) is 23.2 Å². The second kappa shape index (κ2) is 6.58. The van der Waals surface area contributed by atoms with Gasteiger partial charge in [-0.3, -0.25) is 4.72 Å². The Labute approximate surface area is 114 Å². The Bertz CT molecular complexity index is 478. The van der Waals surface area contributed by atoms with E-state index in [1.165, 1.54) is 7.11 Å². The first-order chi connectivity index (χ1) is 7.94. The third-order valence-electron chi connectivity index (χ3n) is 1.96. The number of ether oxygens (including phenoxy) is 1. The van der Waals surface area contributed by atoms with Crippen molar-refractivity contribution in [1.29, 1.82) is 0 Å². The van der Waals surface area contributed by atoms with Gasteiger partial charge in [-0.25, -0.2) is 8.42 Å². The molecule has 0 saturated carbocycles. The predicted octanol–water partition coefficient (Wildman–Crippen LogP) is 2.88. The number of nitrogens with one attached hydrogen (secondary N) is 1. The number of rotatable bonds is 6. The van der Waals surface area contributed by atoms with Crippen LogP contribution in [0, 0.1) is 0 Å². The van der Waals surface area contributed by atoms with Crippen LogP contribution in [0.2, 0.25) is 5.02 Å². The van der Waals surface area contributed by atoms with Crippen LogP contribution in [0.3, 0.4) is 0 Å². The highest BCUT2D eigenvalue weighted by molar-refractivity contribution is 9.10. The Kier molecular flexibility index (Phi) is 5.72. The van der Waals surface area contributed by atoms with Crippen molar-refractivity contribution in [2.45, 2.75) is 6.42 Å². The van der Waals surface area contributed by atoms with Gasteiger partial charge in [-0.15, -0.1) is 0 Å². The summed E-state index contributed by atoms with van der Waals surface area (Å²) in [4.78, 5) is 0. The number of methoxy groups -OCH3 is 1. The summed E-state index contributed by atoms with van der Waals surface area (Å²) in [5.74, 6) is 0.0137. The van der Waals surface area contributed by atoms with Crippen molar-refractivity contribution in [2.24, 2.45) is 0 Å². The molecular formula is C10H13BrClNO3S. The molecule has 0 aromatic heterocycles. The molecule has 0 unspecified atom stereocenters. The summed E-state index contributed by atoms with van der Waals surface area (Å²) >= 11 is 9.05. The zero-order valence-corrected chi connectivity index (χ0v) is 12.4. The van der Waals surface area contributed by atoms with Crippen LogP contribution in [-0.2, 0) is 14.8 Å². The molecule has 0 fully saturated rings. The fraction of sp³-hybridized carbons (Fsp3) is 0.400. The minimum absolute atomic E-state index is 0.0137. The van der Waals surface area contributed by atoms with Crippen LogP contribution in [-0.4, -0.2) is 27.9 Å². The van der Waals surface area contributed by atoms with Gasteiger partial charge in [0.05, 0.1) is 11.4 Å². The molecule has 0 aliphatic rings. The van der Waals surface area contributed by atoms with E-state index in [2.05, 4.69) is 20.7 Å². The van der Waals surface area contributed by atoms with Crippen molar-refractivity contribution in [3.8, 4) is 0 Å². The molecule has 0 spiro atoms. The molecule has 7 heteroatoms. The maximum atomic E-state index is 11.7. The third kappa shape index (κ3) is 5.25. The normalized spacial score (nSPS) is 11.5. The highest BCUT2D eigenvalue weighted by Crippen LogP contribution is 2.26. The smallest absolute Gasteiger partial charge is 0.232 e. The molecule has 0 saturated heterocycles. The molecule has 0 bridgehead atoms. The standard InChI is InChI=1S/C10H13BrClNO3S/c1-16-5-2-6-17(14,15)13-10-7-8(12)3-4-9(10)11/h3-4,7,13H,2,5-6H2,1H3. The first-order valence-electron chi connectivity index (χ1n) is 4.89. The molecule has 17 heavy (non-hydrogen) atoms. The van der Waals surface area contributed by atoms with E-state index >= 15 is 0 Å². The van der Waals surface area contributed by atoms with Gasteiger partial charge in [-0.05, 0) is 40.5 Å². The van der Waals surface area contributed by atoms with Crippen LogP contribution in [0.1, 0.15) is 6.42 Å². The van der Waals surface area contributed by atoms with E-state index in [-0.39, 0.29) is 5.75 Å². The molecule has 0 amide bonds. The van der Waals surface area contributed by atoms with Crippen LogP contribution in [0.4, 0.5) is 5.69 Å². The van der Waals surface area contributed by atoms with Crippen LogP contribution in [0.5, 0.6) is 0 Å². The SMILES string of the molecule is COCCCS(=O)(=O)Nc1cc(Cl)ccc1Br. The molecule has 1 N–H and O–H groups in total. The van der Waals surface area contributed by atoms with Crippen LogP contribution < -0.4 is 4.72 Å². The lowest BCUT2D eigenvalue weighted by Gasteiger charge is -2.09. The molecule has 0 heterocycles. The average Bonchev–Trinajstić information content (AvgIpc) is 2.23. The minimum atomic E-state index is -3.36. The summed E-state index contributed by atoms with van der Waals surface area (Å²) < 4.78 is 31.3. The average molecular weight is 343 g/mol. The Morgan fingerprint density at radius 2 is 2.18 bits per heavy atom. The molecule has 0 aliphatic carbocycles. The summed E-state index contributed by atoms with van der Waals surface area (Å²) in [5, 5.41) is 0.475. The number of anilines is 1. The van der Waals surface area contributed by atoms with E-state index in [1.54, 1.807) is 18.2 Å². The van der Waals surface area contributed by atoms with E-state index in [4.69, 9.17) is 16.3 Å². The Morgan fingerprint density at radius 3 is 2.82 bits per heavy atom. The summed E-state index contributed by atoms with van der Waals surface area (Å²) in [5.41, 5.74) is 0.440. The molecular weight excluding hydrogens is 330 g/mol. The van der Waals surface area contributed by atoms with Gasteiger partial charge < -0.3 is 4.74 Å². The van der Waals surface area contributed by atoms with Crippen LogP contribution in [0.15, 0.2) is 22.7 Å². The second-order valence-corrected chi connectivity index (χ2v) is 6.52. The van der Waals surface area contributed by atoms with Gasteiger partial charge in [0.1, 0.15) is 0 Å². The first kappa shape index (κ1) is 14.8. The number of hydrogen-bond donors (Lipinski definition) is 1. The topological polar surface area (TPSA) is 55.4 Å². The number of hydrogen-bond acceptors (Lipinski definition) is 3. The lowest BCUT2D eigenvalue weighted by molar-refractivity contribution is 0.199. The van der Waals surface area contributed by atoms with Crippen LogP contribution >= 0.6 is 27.5 Å². The Balaban J connectivity index is 2.72. The Morgan fingerprint density at radius 1 is 1.47 bits per heavy atom. The predicted molar refractivity (Wildman–Crippen MR) is 73.1 cm³/mol. The molecule has 96 valence electrons. The van der Waals surface area contributed by atoms with E-state index in [0.717, 1.165) is 0 Å². The number of benzene rings is 1. The van der Waals surface area contributed by atoms with Crippen LogP contribution in [0.25, 0.3) is 0 Å². The lowest BCUT2D eigenvalue weighted by atomic mass is 10.3. The zero-order chi connectivity index (χ0) is 12.9. The van der Waals surface area contributed by atoms with Gasteiger partial charge in [0.15, 0.2) is 0 Å². The maximum absolute atomic E-state index is 11.7. The number of sulfonamides is 1. The fourth-order valence-electron chi connectivity index (χ4n) is 1.19.